The summed E-state index contributed by atoms with van der Waals surface area (Å²) in [5.41, 5.74) is 1.73. The van der Waals surface area contributed by atoms with Gasteiger partial charge in [0.25, 0.3) is 5.91 Å². The zero-order valence-electron chi connectivity index (χ0n) is 16.2. The fourth-order valence-corrected chi connectivity index (χ4v) is 3.10. The molecule has 1 heterocycles. The molecule has 0 spiro atoms. The number of rotatable bonds is 5. The van der Waals surface area contributed by atoms with Crippen molar-refractivity contribution in [1.29, 1.82) is 0 Å². The van der Waals surface area contributed by atoms with E-state index in [1.165, 1.54) is 0 Å². The first-order chi connectivity index (χ1) is 12.0. The van der Waals surface area contributed by atoms with E-state index in [4.69, 9.17) is 0 Å². The van der Waals surface area contributed by atoms with Crippen LogP contribution in [0, 0.1) is 0 Å². The van der Waals surface area contributed by atoms with Crippen LogP contribution in [0.15, 0.2) is 29.3 Å². The molecule has 1 aliphatic heterocycles. The molecule has 0 bridgehead atoms. The van der Waals surface area contributed by atoms with Crippen LogP contribution >= 0.6 is 24.0 Å². The Balaban J connectivity index is 0.00000338. The van der Waals surface area contributed by atoms with Crippen LogP contribution in [0.5, 0.6) is 0 Å². The van der Waals surface area contributed by atoms with Crippen molar-refractivity contribution >= 4 is 35.8 Å². The van der Waals surface area contributed by atoms with E-state index in [0.29, 0.717) is 24.2 Å². The van der Waals surface area contributed by atoms with Gasteiger partial charge in [0.05, 0.1) is 0 Å². The molecule has 1 fully saturated rings. The fraction of sp³-hybridized carbons (Fsp3) is 0.579. The fourth-order valence-electron chi connectivity index (χ4n) is 3.10. The van der Waals surface area contributed by atoms with E-state index in [0.717, 1.165) is 37.5 Å². The van der Waals surface area contributed by atoms with E-state index in [1.807, 2.05) is 24.3 Å². The number of hydrogen-bond acceptors (Lipinski definition) is 3. The molecule has 0 atom stereocenters. The number of halogens is 1. The van der Waals surface area contributed by atoms with Crippen molar-refractivity contribution in [3.8, 4) is 0 Å². The molecular formula is C19H32IN5O. The molecule has 0 unspecified atom stereocenters. The van der Waals surface area contributed by atoms with Crippen molar-refractivity contribution in [2.45, 2.75) is 45.3 Å². The molecule has 0 saturated carbocycles. The Kier molecular flexibility index (Phi) is 9.93. The van der Waals surface area contributed by atoms with Crippen molar-refractivity contribution in [3.63, 3.8) is 0 Å². The molecule has 3 N–H and O–H groups in total. The number of hydrogen-bond donors (Lipinski definition) is 3. The minimum Gasteiger partial charge on any atom is -0.355 e. The highest BCUT2D eigenvalue weighted by molar-refractivity contribution is 14.0. The molecule has 1 amide bonds. The summed E-state index contributed by atoms with van der Waals surface area (Å²) in [7, 11) is 3.43. The molecule has 1 aromatic rings. The smallest absolute Gasteiger partial charge is 0.251 e. The van der Waals surface area contributed by atoms with Gasteiger partial charge in [-0.05, 0) is 44.4 Å². The maximum absolute atomic E-state index is 11.7. The average Bonchev–Trinajstić information content (AvgIpc) is 2.65. The van der Waals surface area contributed by atoms with E-state index >= 15 is 0 Å². The number of piperidine rings is 1. The lowest BCUT2D eigenvalue weighted by atomic mass is 10.0. The van der Waals surface area contributed by atoms with Crippen molar-refractivity contribution < 1.29 is 4.79 Å². The zero-order valence-corrected chi connectivity index (χ0v) is 18.5. The summed E-state index contributed by atoms with van der Waals surface area (Å²) in [6.45, 7) is 7.39. The third-order valence-electron chi connectivity index (χ3n) is 4.70. The van der Waals surface area contributed by atoms with Gasteiger partial charge in [-0.2, -0.15) is 0 Å². The largest absolute Gasteiger partial charge is 0.355 e. The summed E-state index contributed by atoms with van der Waals surface area (Å²) in [5, 5.41) is 9.51. The summed E-state index contributed by atoms with van der Waals surface area (Å²) in [4.78, 5) is 18.6. The molecule has 1 aliphatic rings. The predicted octanol–water partition coefficient (Wildman–Crippen LogP) is 2.20. The van der Waals surface area contributed by atoms with E-state index in [1.54, 1.807) is 14.1 Å². The third-order valence-corrected chi connectivity index (χ3v) is 4.70. The number of nitrogens with zero attached hydrogens (tertiary/aromatic N) is 2. The van der Waals surface area contributed by atoms with E-state index in [9.17, 15) is 4.79 Å². The van der Waals surface area contributed by atoms with Gasteiger partial charge >= 0.3 is 0 Å². The van der Waals surface area contributed by atoms with E-state index in [2.05, 4.69) is 39.7 Å². The number of guanidine groups is 1. The van der Waals surface area contributed by atoms with Crippen LogP contribution in [0.3, 0.4) is 0 Å². The minimum atomic E-state index is -0.0683. The van der Waals surface area contributed by atoms with Crippen LogP contribution in [0.1, 0.15) is 42.6 Å². The molecule has 7 heteroatoms. The molecule has 1 aromatic carbocycles. The van der Waals surface area contributed by atoms with Gasteiger partial charge < -0.3 is 20.9 Å². The van der Waals surface area contributed by atoms with Crippen LogP contribution in [-0.4, -0.2) is 56.0 Å². The lowest BCUT2D eigenvalue weighted by molar-refractivity contribution is 0.0963. The highest BCUT2D eigenvalue weighted by Crippen LogP contribution is 2.13. The summed E-state index contributed by atoms with van der Waals surface area (Å²) in [5.74, 6) is 0.745. The van der Waals surface area contributed by atoms with E-state index < -0.39 is 0 Å². The number of carbonyl (C=O) groups excluding carboxylic acids is 1. The maximum atomic E-state index is 11.7. The summed E-state index contributed by atoms with van der Waals surface area (Å²) in [6.07, 6.45) is 2.26. The highest BCUT2D eigenvalue weighted by atomic mass is 127. The summed E-state index contributed by atoms with van der Waals surface area (Å²) in [6, 6.07) is 8.70. The third kappa shape index (κ3) is 6.75. The van der Waals surface area contributed by atoms with Crippen molar-refractivity contribution in [1.82, 2.24) is 20.9 Å². The maximum Gasteiger partial charge on any atom is 0.251 e. The number of amides is 1. The Hall–Kier alpha value is -1.35. The topological polar surface area (TPSA) is 68.8 Å². The molecule has 0 radical (unpaired) electrons. The Morgan fingerprint density at radius 3 is 2.58 bits per heavy atom. The van der Waals surface area contributed by atoms with Gasteiger partial charge in [0, 0.05) is 51.4 Å². The molecule has 26 heavy (non-hydrogen) atoms. The number of aliphatic imine (C=N–C) groups is 1. The second-order valence-electron chi connectivity index (χ2n) is 6.75. The molecule has 0 aliphatic carbocycles. The quantitative estimate of drug-likeness (QED) is 0.349. The highest BCUT2D eigenvalue weighted by Gasteiger charge is 2.21. The standard InChI is InChI=1S/C19H31N5O.HI/c1-14(2)24-10-8-17(9-11-24)23-19(21-4)22-13-15-6-5-7-16(12-15)18(25)20-3;/h5-7,12,14,17H,8-11,13H2,1-4H3,(H,20,25)(H2,21,22,23);1H. The van der Waals surface area contributed by atoms with Crippen molar-refractivity contribution in [3.05, 3.63) is 35.4 Å². The lowest BCUT2D eigenvalue weighted by Gasteiger charge is -2.35. The van der Waals surface area contributed by atoms with E-state index in [-0.39, 0.29) is 29.9 Å². The first-order valence-electron chi connectivity index (χ1n) is 9.05. The molecule has 1 saturated heterocycles. The Bertz CT molecular complexity index is 597. The normalized spacial score (nSPS) is 16.1. The number of carbonyl (C=O) groups is 1. The number of nitrogens with one attached hydrogen (secondary N) is 3. The Morgan fingerprint density at radius 1 is 1.31 bits per heavy atom. The summed E-state index contributed by atoms with van der Waals surface area (Å²) < 4.78 is 0. The van der Waals surface area contributed by atoms with Gasteiger partial charge in [0.2, 0.25) is 0 Å². The van der Waals surface area contributed by atoms with Gasteiger partial charge in [-0.15, -0.1) is 24.0 Å². The predicted molar refractivity (Wildman–Crippen MR) is 118 cm³/mol. The van der Waals surface area contributed by atoms with Gasteiger partial charge in [-0.25, -0.2) is 0 Å². The Labute approximate surface area is 174 Å². The number of likely N-dealkylation sites (tertiary alicyclic amines) is 1. The summed E-state index contributed by atoms with van der Waals surface area (Å²) >= 11 is 0. The van der Waals surface area contributed by atoms with Crippen LogP contribution in [0.2, 0.25) is 0 Å². The molecule has 6 nitrogen and oxygen atoms in total. The SMILES string of the molecule is CN=C(NCc1cccc(C(=O)NC)c1)NC1CCN(C(C)C)CC1.I. The van der Waals surface area contributed by atoms with Gasteiger partial charge in [0.1, 0.15) is 0 Å². The second kappa shape index (κ2) is 11.4. The van der Waals surface area contributed by atoms with Gasteiger partial charge in [0.15, 0.2) is 5.96 Å². The van der Waals surface area contributed by atoms with Crippen molar-refractivity contribution in [2.75, 3.05) is 27.2 Å². The lowest BCUT2D eigenvalue weighted by Crippen LogP contribution is -2.49. The Morgan fingerprint density at radius 2 is 2.00 bits per heavy atom. The van der Waals surface area contributed by atoms with Gasteiger partial charge in [-0.1, -0.05) is 12.1 Å². The van der Waals surface area contributed by atoms with Crippen LogP contribution in [0.4, 0.5) is 0 Å². The first kappa shape index (κ1) is 22.7. The van der Waals surface area contributed by atoms with Gasteiger partial charge in [-0.3, -0.25) is 9.79 Å². The zero-order chi connectivity index (χ0) is 18.2. The van der Waals surface area contributed by atoms with Crippen LogP contribution in [0.25, 0.3) is 0 Å². The first-order valence-corrected chi connectivity index (χ1v) is 9.05. The minimum absolute atomic E-state index is 0. The average molecular weight is 473 g/mol. The monoisotopic (exact) mass is 473 g/mol. The number of benzene rings is 1. The second-order valence-corrected chi connectivity index (χ2v) is 6.75. The molecule has 2 rings (SSSR count). The molecular weight excluding hydrogens is 441 g/mol. The van der Waals surface area contributed by atoms with Crippen molar-refractivity contribution in [2.24, 2.45) is 4.99 Å². The molecule has 0 aromatic heterocycles. The van der Waals surface area contributed by atoms with Crippen LogP contribution < -0.4 is 16.0 Å². The van der Waals surface area contributed by atoms with Crippen LogP contribution in [-0.2, 0) is 6.54 Å². The molecule has 146 valence electrons.